The second-order valence-corrected chi connectivity index (χ2v) is 9.26. The summed E-state index contributed by atoms with van der Waals surface area (Å²) in [6.45, 7) is 12.9. The third kappa shape index (κ3) is 5.13. The van der Waals surface area contributed by atoms with E-state index in [0.717, 1.165) is 58.4 Å². The van der Waals surface area contributed by atoms with Crippen LogP contribution in [0.2, 0.25) is 0 Å². The molecule has 0 unspecified atom stereocenters. The van der Waals surface area contributed by atoms with Gasteiger partial charge in [0.2, 0.25) is 5.91 Å². The van der Waals surface area contributed by atoms with E-state index < -0.39 is 0 Å². The van der Waals surface area contributed by atoms with E-state index in [-0.39, 0.29) is 0 Å². The molecular weight excluding hydrogens is 360 g/mol. The fourth-order valence-electron chi connectivity index (χ4n) is 5.38. The molecule has 3 fully saturated rings. The average molecular weight is 399 g/mol. The van der Waals surface area contributed by atoms with E-state index >= 15 is 0 Å². The first-order valence-corrected chi connectivity index (χ1v) is 11.7. The van der Waals surface area contributed by atoms with Crippen molar-refractivity contribution in [2.45, 2.75) is 52.0 Å². The molecule has 0 atom stereocenters. The normalized spacial score (nSPS) is 22.8. The van der Waals surface area contributed by atoms with Gasteiger partial charge < -0.3 is 9.80 Å². The lowest BCUT2D eigenvalue weighted by atomic mass is 9.94. The van der Waals surface area contributed by atoms with Gasteiger partial charge in [-0.1, -0.05) is 37.0 Å². The first-order valence-electron chi connectivity index (χ1n) is 11.7. The summed E-state index contributed by atoms with van der Waals surface area (Å²) in [4.78, 5) is 22.4. The Balaban J connectivity index is 1.21. The van der Waals surface area contributed by atoms with Crippen molar-refractivity contribution in [3.63, 3.8) is 0 Å². The van der Waals surface area contributed by atoms with Gasteiger partial charge in [0.15, 0.2) is 0 Å². The molecule has 0 aromatic heterocycles. The lowest BCUT2D eigenvalue weighted by Crippen LogP contribution is -2.55. The summed E-state index contributed by atoms with van der Waals surface area (Å²) >= 11 is 0. The predicted octanol–water partition coefficient (Wildman–Crippen LogP) is 2.90. The van der Waals surface area contributed by atoms with E-state index in [1.807, 2.05) is 0 Å². The predicted molar refractivity (Wildman–Crippen MR) is 120 cm³/mol. The molecule has 1 aromatic rings. The highest BCUT2D eigenvalue weighted by Gasteiger charge is 2.28. The van der Waals surface area contributed by atoms with E-state index in [1.54, 1.807) is 0 Å². The summed E-state index contributed by atoms with van der Waals surface area (Å²) in [5.74, 6) is 0.327. The zero-order valence-electron chi connectivity index (χ0n) is 18.4. The first kappa shape index (κ1) is 20.7. The highest BCUT2D eigenvalue weighted by molar-refractivity contribution is 5.78. The van der Waals surface area contributed by atoms with Crippen LogP contribution in [0.15, 0.2) is 18.2 Å². The van der Waals surface area contributed by atoms with Crippen molar-refractivity contribution in [2.75, 3.05) is 63.8 Å². The van der Waals surface area contributed by atoms with Gasteiger partial charge >= 0.3 is 0 Å². The Kier molecular flexibility index (Phi) is 6.76. The molecular formula is C24H38N4O. The minimum Gasteiger partial charge on any atom is -0.369 e. The van der Waals surface area contributed by atoms with Crippen LogP contribution in [0.5, 0.6) is 0 Å². The minimum absolute atomic E-state index is 0.327. The number of carbonyl (C=O) groups is 1. The molecule has 1 saturated carbocycles. The number of aryl methyl sites for hydroxylation is 2. The van der Waals surface area contributed by atoms with E-state index in [4.69, 9.17) is 0 Å². The lowest BCUT2D eigenvalue weighted by molar-refractivity contribution is -0.134. The van der Waals surface area contributed by atoms with Crippen molar-refractivity contribution in [2.24, 2.45) is 0 Å². The average Bonchev–Trinajstić information content (AvgIpc) is 2.75. The van der Waals surface area contributed by atoms with Crippen LogP contribution in [0.3, 0.4) is 0 Å². The summed E-state index contributed by atoms with van der Waals surface area (Å²) in [5.41, 5.74) is 4.02. The number of piperazine rings is 2. The maximum atomic E-state index is 12.8. The molecule has 3 aliphatic rings. The first-order chi connectivity index (χ1) is 14.1. The molecule has 4 rings (SSSR count). The van der Waals surface area contributed by atoms with Crippen LogP contribution in [-0.2, 0) is 4.79 Å². The molecule has 5 heteroatoms. The van der Waals surface area contributed by atoms with Gasteiger partial charge in [-0.05, 0) is 38.3 Å². The second kappa shape index (κ2) is 9.48. The van der Waals surface area contributed by atoms with Crippen LogP contribution in [0, 0.1) is 13.8 Å². The van der Waals surface area contributed by atoms with Crippen LogP contribution in [-0.4, -0.2) is 85.6 Å². The second-order valence-electron chi connectivity index (χ2n) is 9.26. The van der Waals surface area contributed by atoms with Crippen molar-refractivity contribution in [3.05, 3.63) is 29.3 Å². The number of hydrogen-bond acceptors (Lipinski definition) is 4. The molecule has 29 heavy (non-hydrogen) atoms. The van der Waals surface area contributed by atoms with Crippen molar-refractivity contribution in [3.8, 4) is 0 Å². The molecule has 2 heterocycles. The highest BCUT2D eigenvalue weighted by Crippen LogP contribution is 2.24. The molecule has 0 bridgehead atoms. The van der Waals surface area contributed by atoms with Crippen LogP contribution in [0.4, 0.5) is 5.69 Å². The van der Waals surface area contributed by atoms with Gasteiger partial charge in [-0.3, -0.25) is 14.6 Å². The maximum Gasteiger partial charge on any atom is 0.236 e. The van der Waals surface area contributed by atoms with E-state index in [0.29, 0.717) is 12.5 Å². The van der Waals surface area contributed by atoms with Crippen LogP contribution >= 0.6 is 0 Å². The van der Waals surface area contributed by atoms with Crippen LogP contribution in [0.1, 0.15) is 43.2 Å². The molecule has 0 spiro atoms. The van der Waals surface area contributed by atoms with Gasteiger partial charge in [-0.15, -0.1) is 0 Å². The van der Waals surface area contributed by atoms with Gasteiger partial charge in [0.05, 0.1) is 6.54 Å². The van der Waals surface area contributed by atoms with Crippen molar-refractivity contribution in [1.29, 1.82) is 0 Å². The van der Waals surface area contributed by atoms with Crippen molar-refractivity contribution < 1.29 is 4.79 Å². The Morgan fingerprint density at radius 3 is 2.24 bits per heavy atom. The summed E-state index contributed by atoms with van der Waals surface area (Å²) in [7, 11) is 0. The van der Waals surface area contributed by atoms with E-state index in [1.165, 1.54) is 48.9 Å². The molecule has 2 aliphatic heterocycles. The number of carbonyl (C=O) groups excluding carboxylic acids is 1. The van der Waals surface area contributed by atoms with Gasteiger partial charge in [-0.2, -0.15) is 0 Å². The number of benzene rings is 1. The quantitative estimate of drug-likeness (QED) is 0.780. The molecule has 1 aromatic carbocycles. The van der Waals surface area contributed by atoms with Gasteiger partial charge in [0, 0.05) is 64.1 Å². The Morgan fingerprint density at radius 2 is 1.59 bits per heavy atom. The molecule has 0 N–H and O–H groups in total. The van der Waals surface area contributed by atoms with Crippen molar-refractivity contribution in [1.82, 2.24) is 14.7 Å². The number of amides is 1. The largest absolute Gasteiger partial charge is 0.369 e. The standard InChI is InChI=1S/C24H38N4O/c1-20-8-9-23(21(2)18-20)27-12-10-25(11-13-27)19-24(29)28-16-14-26(15-17-28)22-6-4-3-5-7-22/h8-9,18,22H,3-7,10-17,19H2,1-2H3. The summed E-state index contributed by atoms with van der Waals surface area (Å²) < 4.78 is 0. The fourth-order valence-corrected chi connectivity index (χ4v) is 5.38. The monoisotopic (exact) mass is 398 g/mol. The molecule has 5 nitrogen and oxygen atoms in total. The topological polar surface area (TPSA) is 30.0 Å². The Bertz CT molecular complexity index is 684. The van der Waals surface area contributed by atoms with Gasteiger partial charge in [0.25, 0.3) is 0 Å². The Hall–Kier alpha value is -1.59. The third-order valence-electron chi connectivity index (χ3n) is 7.18. The minimum atomic E-state index is 0.327. The summed E-state index contributed by atoms with van der Waals surface area (Å²) in [5, 5.41) is 0. The van der Waals surface area contributed by atoms with E-state index in [9.17, 15) is 4.79 Å². The molecule has 160 valence electrons. The zero-order valence-corrected chi connectivity index (χ0v) is 18.4. The summed E-state index contributed by atoms with van der Waals surface area (Å²) in [6.07, 6.45) is 6.90. The summed E-state index contributed by atoms with van der Waals surface area (Å²) in [6, 6.07) is 7.49. The number of hydrogen-bond donors (Lipinski definition) is 0. The number of nitrogens with zero attached hydrogens (tertiary/aromatic N) is 4. The molecule has 0 radical (unpaired) electrons. The zero-order chi connectivity index (χ0) is 20.2. The van der Waals surface area contributed by atoms with Crippen LogP contribution in [0.25, 0.3) is 0 Å². The Morgan fingerprint density at radius 1 is 0.897 bits per heavy atom. The van der Waals surface area contributed by atoms with Gasteiger partial charge in [0.1, 0.15) is 0 Å². The smallest absolute Gasteiger partial charge is 0.236 e. The van der Waals surface area contributed by atoms with Crippen LogP contribution < -0.4 is 4.90 Å². The number of rotatable bonds is 4. The molecule has 1 aliphatic carbocycles. The van der Waals surface area contributed by atoms with Gasteiger partial charge in [-0.25, -0.2) is 0 Å². The third-order valence-corrected chi connectivity index (χ3v) is 7.18. The molecule has 2 saturated heterocycles. The highest BCUT2D eigenvalue weighted by atomic mass is 16.2. The van der Waals surface area contributed by atoms with E-state index in [2.05, 4.69) is 51.6 Å². The SMILES string of the molecule is Cc1ccc(N2CCN(CC(=O)N3CCN(C4CCCCC4)CC3)CC2)c(C)c1. The molecule has 1 amide bonds. The Labute approximate surface area is 176 Å². The maximum absolute atomic E-state index is 12.8. The van der Waals surface area contributed by atoms with Crippen molar-refractivity contribution >= 4 is 11.6 Å². The lowest BCUT2D eigenvalue weighted by Gasteiger charge is -2.42. The number of anilines is 1. The fraction of sp³-hybridized carbons (Fsp3) is 0.708.